The monoisotopic (exact) mass is 141 g/mol. The number of aliphatic imine (C=N–C) groups is 1. The van der Waals surface area contributed by atoms with Crippen LogP contribution in [0.5, 0.6) is 0 Å². The number of amidine groups is 1. The molecule has 0 radical (unpaired) electrons. The van der Waals surface area contributed by atoms with Crippen molar-refractivity contribution in [2.75, 3.05) is 13.1 Å². The fraction of sp³-hybridized carbons (Fsp3) is 0.857. The summed E-state index contributed by atoms with van der Waals surface area (Å²) in [5, 5.41) is 0. The molecule has 58 valence electrons. The Morgan fingerprint density at radius 2 is 2.40 bits per heavy atom. The van der Waals surface area contributed by atoms with Crippen LogP contribution in [0.4, 0.5) is 0 Å². The fourth-order valence-corrected chi connectivity index (χ4v) is 0.953. The van der Waals surface area contributed by atoms with Gasteiger partial charge in [0.15, 0.2) is 0 Å². The smallest absolute Gasteiger partial charge is 0.111 e. The van der Waals surface area contributed by atoms with Gasteiger partial charge in [-0.2, -0.15) is 0 Å². The molecule has 0 bridgehead atoms. The van der Waals surface area contributed by atoms with Gasteiger partial charge in [0.1, 0.15) is 5.84 Å². The number of nitrogens with zero attached hydrogens (tertiary/aromatic N) is 1. The van der Waals surface area contributed by atoms with E-state index in [1.54, 1.807) is 0 Å². The Morgan fingerprint density at radius 1 is 1.60 bits per heavy atom. The maximum Gasteiger partial charge on any atom is 0.111 e. The first-order chi connectivity index (χ1) is 4.79. The van der Waals surface area contributed by atoms with Crippen LogP contribution in [0, 0.1) is 5.92 Å². The van der Waals surface area contributed by atoms with E-state index in [1.807, 2.05) is 0 Å². The summed E-state index contributed by atoms with van der Waals surface area (Å²) in [6, 6.07) is 0. The molecule has 0 aliphatic carbocycles. The van der Waals surface area contributed by atoms with Gasteiger partial charge in [-0.25, -0.2) is 5.43 Å². The number of rotatable bonds is 2. The average Bonchev–Trinajstić information content (AvgIpc) is 1.88. The van der Waals surface area contributed by atoms with Gasteiger partial charge in [-0.15, -0.1) is 0 Å². The van der Waals surface area contributed by atoms with Crippen LogP contribution in [0.1, 0.15) is 20.3 Å². The second kappa shape index (κ2) is 3.56. The van der Waals surface area contributed by atoms with Gasteiger partial charge in [0.25, 0.3) is 0 Å². The minimum Gasteiger partial charge on any atom is -0.310 e. The Morgan fingerprint density at radius 3 is 2.90 bits per heavy atom. The molecular formula is C7H15N3. The SMILES string of the molecule is CC(C)CC1=NCCNN1. The van der Waals surface area contributed by atoms with Crippen molar-refractivity contribution < 1.29 is 0 Å². The lowest BCUT2D eigenvalue weighted by Gasteiger charge is -2.16. The molecule has 0 aromatic heterocycles. The van der Waals surface area contributed by atoms with E-state index in [4.69, 9.17) is 0 Å². The Bertz CT molecular complexity index is 129. The minimum absolute atomic E-state index is 0.686. The van der Waals surface area contributed by atoms with Gasteiger partial charge in [-0.3, -0.25) is 4.99 Å². The molecule has 1 heterocycles. The first kappa shape index (κ1) is 7.54. The molecule has 1 rings (SSSR count). The zero-order valence-electron chi connectivity index (χ0n) is 6.65. The van der Waals surface area contributed by atoms with Gasteiger partial charge in [0.2, 0.25) is 0 Å². The highest BCUT2D eigenvalue weighted by atomic mass is 15.4. The van der Waals surface area contributed by atoms with Gasteiger partial charge in [0.05, 0.1) is 6.54 Å². The first-order valence-electron chi connectivity index (χ1n) is 3.81. The predicted octanol–water partition coefficient (Wildman–Crippen LogP) is 0.539. The summed E-state index contributed by atoms with van der Waals surface area (Å²) < 4.78 is 0. The molecule has 0 saturated heterocycles. The van der Waals surface area contributed by atoms with Crippen LogP contribution in [0.2, 0.25) is 0 Å². The molecule has 0 aromatic carbocycles. The van der Waals surface area contributed by atoms with E-state index in [1.165, 1.54) is 0 Å². The summed E-state index contributed by atoms with van der Waals surface area (Å²) in [5.74, 6) is 1.78. The normalized spacial score (nSPS) is 18.5. The highest BCUT2D eigenvalue weighted by Crippen LogP contribution is 2.00. The molecular weight excluding hydrogens is 126 g/mol. The van der Waals surface area contributed by atoms with Crippen molar-refractivity contribution in [1.82, 2.24) is 10.9 Å². The van der Waals surface area contributed by atoms with E-state index in [0.29, 0.717) is 5.92 Å². The van der Waals surface area contributed by atoms with Crippen LogP contribution in [0.3, 0.4) is 0 Å². The van der Waals surface area contributed by atoms with Gasteiger partial charge in [0, 0.05) is 13.0 Å². The van der Waals surface area contributed by atoms with Gasteiger partial charge >= 0.3 is 0 Å². The van der Waals surface area contributed by atoms with Crippen LogP contribution in [0.25, 0.3) is 0 Å². The van der Waals surface area contributed by atoms with E-state index in [0.717, 1.165) is 25.3 Å². The molecule has 0 saturated carbocycles. The van der Waals surface area contributed by atoms with Crippen LogP contribution in [0.15, 0.2) is 4.99 Å². The van der Waals surface area contributed by atoms with E-state index in [9.17, 15) is 0 Å². The van der Waals surface area contributed by atoms with E-state index in [2.05, 4.69) is 29.7 Å². The standard InChI is InChI=1S/C7H15N3/c1-6(2)5-7-8-3-4-9-10-7/h6,9H,3-5H2,1-2H3,(H,8,10). The highest BCUT2D eigenvalue weighted by molar-refractivity contribution is 5.82. The largest absolute Gasteiger partial charge is 0.310 e. The number of hydrazine groups is 1. The maximum absolute atomic E-state index is 4.31. The Hall–Kier alpha value is -0.570. The third kappa shape index (κ3) is 2.35. The maximum atomic E-state index is 4.31. The second-order valence-corrected chi connectivity index (χ2v) is 2.98. The topological polar surface area (TPSA) is 36.4 Å². The van der Waals surface area contributed by atoms with Gasteiger partial charge in [-0.05, 0) is 5.92 Å². The molecule has 2 N–H and O–H groups in total. The third-order valence-electron chi connectivity index (χ3n) is 1.37. The lowest BCUT2D eigenvalue weighted by atomic mass is 10.1. The molecule has 10 heavy (non-hydrogen) atoms. The van der Waals surface area contributed by atoms with Crippen molar-refractivity contribution in [1.29, 1.82) is 0 Å². The highest BCUT2D eigenvalue weighted by Gasteiger charge is 2.04. The third-order valence-corrected chi connectivity index (χ3v) is 1.37. The lowest BCUT2D eigenvalue weighted by molar-refractivity contribution is 0.585. The van der Waals surface area contributed by atoms with E-state index < -0.39 is 0 Å². The van der Waals surface area contributed by atoms with Crippen molar-refractivity contribution in [3.05, 3.63) is 0 Å². The van der Waals surface area contributed by atoms with Crippen molar-refractivity contribution >= 4 is 5.84 Å². The molecule has 0 amide bonds. The van der Waals surface area contributed by atoms with Crippen LogP contribution in [-0.4, -0.2) is 18.9 Å². The minimum atomic E-state index is 0.686. The summed E-state index contributed by atoms with van der Waals surface area (Å²) in [6.07, 6.45) is 1.05. The summed E-state index contributed by atoms with van der Waals surface area (Å²) >= 11 is 0. The number of nitrogens with one attached hydrogen (secondary N) is 2. The number of hydrogen-bond acceptors (Lipinski definition) is 3. The summed E-state index contributed by atoms with van der Waals surface area (Å²) in [5.41, 5.74) is 6.11. The van der Waals surface area contributed by atoms with E-state index >= 15 is 0 Å². The summed E-state index contributed by atoms with van der Waals surface area (Å²) in [6.45, 7) is 6.24. The lowest BCUT2D eigenvalue weighted by Crippen LogP contribution is -2.43. The number of hydrogen-bond donors (Lipinski definition) is 2. The van der Waals surface area contributed by atoms with Gasteiger partial charge < -0.3 is 5.43 Å². The second-order valence-electron chi connectivity index (χ2n) is 2.98. The molecule has 0 spiro atoms. The van der Waals surface area contributed by atoms with Crippen molar-refractivity contribution in [2.45, 2.75) is 20.3 Å². The van der Waals surface area contributed by atoms with Crippen LogP contribution >= 0.6 is 0 Å². The molecule has 0 atom stereocenters. The van der Waals surface area contributed by atoms with Crippen molar-refractivity contribution in [2.24, 2.45) is 10.9 Å². The predicted molar refractivity (Wildman–Crippen MR) is 42.9 cm³/mol. The van der Waals surface area contributed by atoms with Crippen molar-refractivity contribution in [3.8, 4) is 0 Å². The molecule has 1 aliphatic heterocycles. The fourth-order valence-electron chi connectivity index (χ4n) is 0.953. The quantitative estimate of drug-likeness (QED) is 0.589. The molecule has 3 heteroatoms. The Balaban J connectivity index is 2.31. The Labute approximate surface area is 61.9 Å². The molecule has 0 fully saturated rings. The Kier molecular flexibility index (Phi) is 2.68. The average molecular weight is 141 g/mol. The van der Waals surface area contributed by atoms with Crippen molar-refractivity contribution in [3.63, 3.8) is 0 Å². The van der Waals surface area contributed by atoms with Crippen LogP contribution < -0.4 is 10.9 Å². The zero-order chi connectivity index (χ0) is 7.40. The molecule has 3 nitrogen and oxygen atoms in total. The molecule has 0 unspecified atom stereocenters. The zero-order valence-corrected chi connectivity index (χ0v) is 6.65. The summed E-state index contributed by atoms with van der Waals surface area (Å²) in [7, 11) is 0. The first-order valence-corrected chi connectivity index (χ1v) is 3.81. The molecule has 0 aromatic rings. The molecule has 1 aliphatic rings. The van der Waals surface area contributed by atoms with Gasteiger partial charge in [-0.1, -0.05) is 13.8 Å². The van der Waals surface area contributed by atoms with E-state index in [-0.39, 0.29) is 0 Å². The summed E-state index contributed by atoms with van der Waals surface area (Å²) in [4.78, 5) is 4.31. The van der Waals surface area contributed by atoms with Crippen LogP contribution in [-0.2, 0) is 0 Å².